The van der Waals surface area contributed by atoms with Crippen molar-refractivity contribution in [3.63, 3.8) is 0 Å². The fourth-order valence-electron chi connectivity index (χ4n) is 0.743. The van der Waals surface area contributed by atoms with E-state index in [-0.39, 0.29) is 0 Å². The van der Waals surface area contributed by atoms with Gasteiger partial charge >= 0.3 is 6.18 Å². The lowest BCUT2D eigenvalue weighted by molar-refractivity contribution is -0.137. The lowest BCUT2D eigenvalue weighted by Crippen LogP contribution is -2.03. The first-order valence-electron chi connectivity index (χ1n) is 3.14. The minimum Gasteiger partial charge on any atom is -0.166 e. The Bertz CT molecular complexity index is 233. The molecule has 3 heteroatoms. The number of hydrogen-bond acceptors (Lipinski definition) is 0. The van der Waals surface area contributed by atoms with E-state index in [0.29, 0.717) is 0 Å². The van der Waals surface area contributed by atoms with Crippen LogP contribution in [-0.4, -0.2) is 0 Å². The normalized spacial score (nSPS) is 11.6. The highest BCUT2D eigenvalue weighted by molar-refractivity contribution is 5.23. The summed E-state index contributed by atoms with van der Waals surface area (Å²) in [6.45, 7) is 1.75. The third-order valence-electron chi connectivity index (χ3n) is 1.38. The summed E-state index contributed by atoms with van der Waals surface area (Å²) in [7, 11) is 0. The number of halogens is 3. The van der Waals surface area contributed by atoms with E-state index in [9.17, 15) is 13.2 Å². The lowest BCUT2D eigenvalue weighted by Gasteiger charge is -2.05. The molecule has 60 valence electrons. The van der Waals surface area contributed by atoms with Crippen LogP contribution in [0.25, 0.3) is 0 Å². The fraction of sp³-hybridized carbons (Fsp3) is 0.250. The number of benzene rings is 1. The molecular weight excluding hydrogens is 153 g/mol. The van der Waals surface area contributed by atoms with Crippen molar-refractivity contribution in [3.05, 3.63) is 35.4 Å². The van der Waals surface area contributed by atoms with Gasteiger partial charge in [-0.05, 0) is 19.1 Å². The van der Waals surface area contributed by atoms with E-state index in [4.69, 9.17) is 0 Å². The zero-order valence-electron chi connectivity index (χ0n) is 5.94. The van der Waals surface area contributed by atoms with Crippen LogP contribution >= 0.6 is 0 Å². The maximum Gasteiger partial charge on any atom is 0.416 e. The Hall–Kier alpha value is -0.990. The van der Waals surface area contributed by atoms with Crippen LogP contribution in [0.5, 0.6) is 0 Å². The van der Waals surface area contributed by atoms with Crippen molar-refractivity contribution in [2.45, 2.75) is 13.1 Å². The SMILES string of the molecule is Cc1ccc(C(F)(F)F)cc1. The Kier molecular flexibility index (Phi) is 1.89. The van der Waals surface area contributed by atoms with Gasteiger partial charge in [-0.3, -0.25) is 0 Å². The average molecular weight is 160 g/mol. The molecule has 11 heavy (non-hydrogen) atoms. The fourth-order valence-corrected chi connectivity index (χ4v) is 0.743. The van der Waals surface area contributed by atoms with Gasteiger partial charge in [0.15, 0.2) is 0 Å². The van der Waals surface area contributed by atoms with Gasteiger partial charge in [0.2, 0.25) is 0 Å². The van der Waals surface area contributed by atoms with Gasteiger partial charge < -0.3 is 0 Å². The monoisotopic (exact) mass is 160 g/mol. The molecule has 0 N–H and O–H groups in total. The summed E-state index contributed by atoms with van der Waals surface area (Å²) in [5, 5.41) is 0. The highest BCUT2D eigenvalue weighted by atomic mass is 19.4. The first kappa shape index (κ1) is 8.11. The first-order valence-corrected chi connectivity index (χ1v) is 3.14. The average Bonchev–Trinajstić information content (AvgIpc) is 1.86. The van der Waals surface area contributed by atoms with Crippen LogP contribution in [0.4, 0.5) is 13.2 Å². The van der Waals surface area contributed by atoms with Crippen LogP contribution in [0.15, 0.2) is 24.3 Å². The van der Waals surface area contributed by atoms with E-state index in [1.807, 2.05) is 0 Å². The second-order valence-electron chi connectivity index (χ2n) is 2.36. The molecule has 0 fully saturated rings. The van der Waals surface area contributed by atoms with E-state index < -0.39 is 11.7 Å². The van der Waals surface area contributed by atoms with Crippen LogP contribution < -0.4 is 0 Å². The lowest BCUT2D eigenvalue weighted by atomic mass is 10.1. The molecule has 1 aromatic carbocycles. The van der Waals surface area contributed by atoms with Crippen molar-refractivity contribution in [1.29, 1.82) is 0 Å². The molecule has 0 spiro atoms. The Morgan fingerprint density at radius 2 is 1.45 bits per heavy atom. The molecule has 0 aromatic heterocycles. The van der Waals surface area contributed by atoms with E-state index in [1.165, 1.54) is 12.1 Å². The molecule has 0 bridgehead atoms. The maximum atomic E-state index is 11.9. The Morgan fingerprint density at radius 3 is 1.82 bits per heavy atom. The van der Waals surface area contributed by atoms with E-state index in [2.05, 4.69) is 0 Å². The summed E-state index contributed by atoms with van der Waals surface area (Å²) >= 11 is 0. The van der Waals surface area contributed by atoms with E-state index in [0.717, 1.165) is 17.7 Å². The highest BCUT2D eigenvalue weighted by Gasteiger charge is 2.29. The second kappa shape index (κ2) is 2.57. The van der Waals surface area contributed by atoms with Crippen LogP contribution in [0.3, 0.4) is 0 Å². The van der Waals surface area contributed by atoms with Crippen molar-refractivity contribution in [2.75, 3.05) is 0 Å². The number of alkyl halides is 3. The van der Waals surface area contributed by atoms with Gasteiger partial charge in [-0.2, -0.15) is 13.2 Å². The molecule has 0 amide bonds. The standard InChI is InChI=1S/C8H7F3/c1-6-2-4-7(5-3-6)8(9,10)11/h2-5H,1H3. The van der Waals surface area contributed by atoms with Crippen LogP contribution in [0.1, 0.15) is 11.1 Å². The van der Waals surface area contributed by atoms with Gasteiger partial charge in [0, 0.05) is 0 Å². The molecule has 0 radical (unpaired) electrons. The molecule has 0 heterocycles. The minimum absolute atomic E-state index is 0.594. The summed E-state index contributed by atoms with van der Waals surface area (Å²) in [4.78, 5) is 0. The van der Waals surface area contributed by atoms with Gasteiger partial charge in [0.1, 0.15) is 0 Å². The summed E-state index contributed by atoms with van der Waals surface area (Å²) in [6, 6.07) is 5.05. The molecule has 0 nitrogen and oxygen atoms in total. The zero-order valence-corrected chi connectivity index (χ0v) is 5.94. The molecule has 1 aromatic rings. The van der Waals surface area contributed by atoms with Gasteiger partial charge in [-0.1, -0.05) is 17.7 Å². The zero-order chi connectivity index (χ0) is 8.48. The molecule has 0 aliphatic rings. The Labute approximate surface area is 62.7 Å². The Balaban J connectivity index is 2.99. The molecule has 0 unspecified atom stereocenters. The first-order chi connectivity index (χ1) is 5.00. The Morgan fingerprint density at radius 1 is 1.00 bits per heavy atom. The van der Waals surface area contributed by atoms with Gasteiger partial charge in [0.05, 0.1) is 5.56 Å². The molecule has 0 aliphatic carbocycles. The molecule has 1 rings (SSSR count). The predicted molar refractivity (Wildman–Crippen MR) is 36.2 cm³/mol. The smallest absolute Gasteiger partial charge is 0.166 e. The third-order valence-corrected chi connectivity index (χ3v) is 1.38. The largest absolute Gasteiger partial charge is 0.416 e. The minimum atomic E-state index is -4.21. The molecule has 0 saturated heterocycles. The van der Waals surface area contributed by atoms with E-state index >= 15 is 0 Å². The number of aryl methyl sites for hydroxylation is 1. The summed E-state index contributed by atoms with van der Waals surface area (Å²) in [5.74, 6) is 0. The van der Waals surface area contributed by atoms with Gasteiger partial charge in [-0.15, -0.1) is 0 Å². The van der Waals surface area contributed by atoms with Crippen LogP contribution in [0.2, 0.25) is 0 Å². The maximum absolute atomic E-state index is 11.9. The van der Waals surface area contributed by atoms with Crippen molar-refractivity contribution < 1.29 is 13.2 Å². The van der Waals surface area contributed by atoms with Gasteiger partial charge in [0.25, 0.3) is 0 Å². The van der Waals surface area contributed by atoms with Crippen molar-refractivity contribution in [2.24, 2.45) is 0 Å². The number of rotatable bonds is 0. The van der Waals surface area contributed by atoms with Crippen molar-refractivity contribution >= 4 is 0 Å². The number of hydrogen-bond donors (Lipinski definition) is 0. The molecule has 0 saturated carbocycles. The summed E-state index contributed by atoms with van der Waals surface area (Å²) < 4.78 is 35.8. The quantitative estimate of drug-likeness (QED) is 0.547. The van der Waals surface area contributed by atoms with E-state index in [1.54, 1.807) is 6.92 Å². The topological polar surface area (TPSA) is 0 Å². The van der Waals surface area contributed by atoms with Crippen LogP contribution in [-0.2, 0) is 6.18 Å². The molecule has 0 aliphatic heterocycles. The highest BCUT2D eigenvalue weighted by Crippen LogP contribution is 2.28. The summed E-state index contributed by atoms with van der Waals surface area (Å²) in [6.07, 6.45) is -4.21. The van der Waals surface area contributed by atoms with Crippen molar-refractivity contribution in [3.8, 4) is 0 Å². The van der Waals surface area contributed by atoms with Gasteiger partial charge in [-0.25, -0.2) is 0 Å². The second-order valence-corrected chi connectivity index (χ2v) is 2.36. The van der Waals surface area contributed by atoms with Crippen molar-refractivity contribution in [1.82, 2.24) is 0 Å². The molecular formula is C8H7F3. The van der Waals surface area contributed by atoms with Crippen LogP contribution in [0, 0.1) is 6.92 Å². The predicted octanol–water partition coefficient (Wildman–Crippen LogP) is 3.01. The summed E-state index contributed by atoms with van der Waals surface area (Å²) in [5.41, 5.74) is 0.237. The molecule has 0 atom stereocenters. The third kappa shape index (κ3) is 1.97.